The summed E-state index contributed by atoms with van der Waals surface area (Å²) >= 11 is 0. The minimum absolute atomic E-state index is 0.325. The summed E-state index contributed by atoms with van der Waals surface area (Å²) in [7, 11) is 0. The second-order valence-corrected chi connectivity index (χ2v) is 4.82. The second kappa shape index (κ2) is 5.45. The fourth-order valence-corrected chi connectivity index (χ4v) is 2.14. The molecule has 0 atom stereocenters. The Kier molecular flexibility index (Phi) is 3.16. The molecule has 0 fully saturated rings. The lowest BCUT2D eigenvalue weighted by molar-refractivity contribution is 0.432. The van der Waals surface area contributed by atoms with E-state index in [4.69, 9.17) is 4.52 Å². The van der Waals surface area contributed by atoms with Crippen molar-refractivity contribution in [2.24, 2.45) is 0 Å². The minimum atomic E-state index is -0.342. The van der Waals surface area contributed by atoms with E-state index >= 15 is 0 Å². The maximum Gasteiger partial charge on any atom is 0.258 e. The molecule has 0 bridgehead atoms. The lowest BCUT2D eigenvalue weighted by atomic mass is 10.2. The van der Waals surface area contributed by atoms with Gasteiger partial charge in [0.15, 0.2) is 5.69 Å². The van der Waals surface area contributed by atoms with Gasteiger partial charge in [0.1, 0.15) is 5.82 Å². The summed E-state index contributed by atoms with van der Waals surface area (Å²) in [4.78, 5) is 4.31. The summed E-state index contributed by atoms with van der Waals surface area (Å²) in [6.45, 7) is 0. The summed E-state index contributed by atoms with van der Waals surface area (Å²) in [5.41, 5.74) is 1.83. The molecule has 2 aromatic carbocycles. The number of hydrogen-bond acceptors (Lipinski definition) is 5. The molecule has 23 heavy (non-hydrogen) atoms. The molecule has 7 heteroatoms. The molecule has 2 heterocycles. The Bertz CT molecular complexity index is 948. The molecule has 0 aliphatic heterocycles. The van der Waals surface area contributed by atoms with Crippen molar-refractivity contribution in [2.45, 2.75) is 0 Å². The number of halogens is 1. The molecule has 4 rings (SSSR count). The van der Waals surface area contributed by atoms with Crippen LogP contribution in [0.25, 0.3) is 28.7 Å². The van der Waals surface area contributed by atoms with Gasteiger partial charge in [-0.3, -0.25) is 0 Å². The van der Waals surface area contributed by atoms with Gasteiger partial charge in [0.25, 0.3) is 5.89 Å². The largest absolute Gasteiger partial charge is 0.334 e. The highest BCUT2D eigenvalue weighted by Gasteiger charge is 2.14. The zero-order valence-electron chi connectivity index (χ0n) is 11.8. The van der Waals surface area contributed by atoms with Gasteiger partial charge in [0.2, 0.25) is 5.82 Å². The average Bonchev–Trinajstić information content (AvgIpc) is 3.25. The van der Waals surface area contributed by atoms with Gasteiger partial charge in [-0.25, -0.2) is 9.07 Å². The highest BCUT2D eigenvalue weighted by atomic mass is 19.1. The lowest BCUT2D eigenvalue weighted by Gasteiger charge is -1.98. The summed E-state index contributed by atoms with van der Waals surface area (Å²) in [6.07, 6.45) is 1.62. The first-order chi connectivity index (χ1) is 11.3. The normalized spacial score (nSPS) is 10.8. The predicted octanol–water partition coefficient (Wildman–Crippen LogP) is 3.12. The number of aromatic nitrogens is 5. The minimum Gasteiger partial charge on any atom is -0.334 e. The third kappa shape index (κ3) is 2.59. The molecule has 0 N–H and O–H groups in total. The van der Waals surface area contributed by atoms with Crippen molar-refractivity contribution in [2.75, 3.05) is 0 Å². The molecular formula is C16H10FN5O. The van der Waals surface area contributed by atoms with Gasteiger partial charge in [-0.1, -0.05) is 34.6 Å². The first-order valence-electron chi connectivity index (χ1n) is 6.87. The van der Waals surface area contributed by atoms with Crippen LogP contribution in [0.4, 0.5) is 4.39 Å². The van der Waals surface area contributed by atoms with Crippen LogP contribution in [0, 0.1) is 5.82 Å². The standard InChI is InChI=1S/C16H10FN5O/c17-12-7-4-8-13(9-12)22-10-14(19-21-22)15-18-16(23-20-15)11-5-2-1-3-6-11/h1-10H. The molecule has 0 saturated heterocycles. The van der Waals surface area contributed by atoms with Gasteiger partial charge in [0, 0.05) is 5.56 Å². The van der Waals surface area contributed by atoms with Gasteiger partial charge in [-0.05, 0) is 30.3 Å². The van der Waals surface area contributed by atoms with Crippen molar-refractivity contribution in [1.29, 1.82) is 0 Å². The van der Waals surface area contributed by atoms with Crippen LogP contribution < -0.4 is 0 Å². The monoisotopic (exact) mass is 307 g/mol. The molecule has 0 radical (unpaired) electrons. The van der Waals surface area contributed by atoms with Crippen LogP contribution in [0.5, 0.6) is 0 Å². The Balaban J connectivity index is 1.66. The molecule has 0 aliphatic carbocycles. The Morgan fingerprint density at radius 2 is 1.87 bits per heavy atom. The van der Waals surface area contributed by atoms with Crippen molar-refractivity contribution in [3.05, 3.63) is 66.6 Å². The van der Waals surface area contributed by atoms with Crippen molar-refractivity contribution in [3.8, 4) is 28.7 Å². The van der Waals surface area contributed by atoms with E-state index in [1.807, 2.05) is 30.3 Å². The number of rotatable bonds is 3. The van der Waals surface area contributed by atoms with E-state index in [-0.39, 0.29) is 5.82 Å². The van der Waals surface area contributed by atoms with E-state index in [1.54, 1.807) is 18.3 Å². The molecule has 0 amide bonds. The maximum atomic E-state index is 13.3. The van der Waals surface area contributed by atoms with Gasteiger partial charge in [-0.2, -0.15) is 4.98 Å². The molecule has 0 saturated carbocycles. The number of hydrogen-bond donors (Lipinski definition) is 0. The average molecular weight is 307 g/mol. The lowest BCUT2D eigenvalue weighted by Crippen LogP contribution is -1.94. The smallest absolute Gasteiger partial charge is 0.258 e. The quantitative estimate of drug-likeness (QED) is 0.581. The summed E-state index contributed by atoms with van der Waals surface area (Å²) in [6, 6.07) is 15.5. The van der Waals surface area contributed by atoms with Crippen LogP contribution in [0.1, 0.15) is 0 Å². The van der Waals surface area contributed by atoms with Crippen LogP contribution in [-0.4, -0.2) is 25.1 Å². The molecule has 2 aromatic heterocycles. The van der Waals surface area contributed by atoms with E-state index < -0.39 is 0 Å². The fourth-order valence-electron chi connectivity index (χ4n) is 2.14. The first-order valence-corrected chi connectivity index (χ1v) is 6.87. The van der Waals surface area contributed by atoms with Crippen molar-refractivity contribution < 1.29 is 8.91 Å². The van der Waals surface area contributed by atoms with Crippen LogP contribution in [0.2, 0.25) is 0 Å². The molecule has 0 aliphatic rings. The zero-order chi connectivity index (χ0) is 15.6. The van der Waals surface area contributed by atoms with Crippen LogP contribution in [0.15, 0.2) is 65.3 Å². The fraction of sp³-hybridized carbons (Fsp3) is 0. The highest BCUT2D eigenvalue weighted by Crippen LogP contribution is 2.21. The van der Waals surface area contributed by atoms with E-state index in [0.717, 1.165) is 5.56 Å². The summed E-state index contributed by atoms with van der Waals surface area (Å²) in [5.74, 6) is 0.387. The molecule has 0 unspecified atom stereocenters. The van der Waals surface area contributed by atoms with Crippen molar-refractivity contribution in [3.63, 3.8) is 0 Å². The van der Waals surface area contributed by atoms with E-state index in [1.165, 1.54) is 16.8 Å². The Hall–Kier alpha value is -3.35. The molecule has 0 spiro atoms. The summed E-state index contributed by atoms with van der Waals surface area (Å²) < 4.78 is 20.0. The Morgan fingerprint density at radius 1 is 1.00 bits per heavy atom. The van der Waals surface area contributed by atoms with Crippen molar-refractivity contribution >= 4 is 0 Å². The van der Waals surface area contributed by atoms with E-state index in [2.05, 4.69) is 20.5 Å². The predicted molar refractivity (Wildman–Crippen MR) is 80.0 cm³/mol. The van der Waals surface area contributed by atoms with Crippen molar-refractivity contribution in [1.82, 2.24) is 25.1 Å². The number of benzene rings is 2. The van der Waals surface area contributed by atoms with Crippen LogP contribution >= 0.6 is 0 Å². The molecule has 112 valence electrons. The Morgan fingerprint density at radius 3 is 2.70 bits per heavy atom. The number of nitrogens with zero attached hydrogens (tertiary/aromatic N) is 5. The van der Waals surface area contributed by atoms with Gasteiger partial charge >= 0.3 is 0 Å². The van der Waals surface area contributed by atoms with E-state index in [0.29, 0.717) is 23.1 Å². The highest BCUT2D eigenvalue weighted by molar-refractivity contribution is 5.56. The molecular weight excluding hydrogens is 297 g/mol. The topological polar surface area (TPSA) is 69.6 Å². The zero-order valence-corrected chi connectivity index (χ0v) is 11.8. The maximum absolute atomic E-state index is 13.3. The second-order valence-electron chi connectivity index (χ2n) is 4.82. The van der Waals surface area contributed by atoms with Gasteiger partial charge < -0.3 is 4.52 Å². The Labute approximate surface area is 130 Å². The molecule has 6 nitrogen and oxygen atoms in total. The molecule has 4 aromatic rings. The van der Waals surface area contributed by atoms with Gasteiger partial charge in [0.05, 0.1) is 11.9 Å². The summed E-state index contributed by atoms with van der Waals surface area (Å²) in [5, 5.41) is 11.9. The third-order valence-corrected chi connectivity index (χ3v) is 3.24. The first kappa shape index (κ1) is 13.3. The third-order valence-electron chi connectivity index (χ3n) is 3.24. The SMILES string of the molecule is Fc1cccc(-n2cc(-c3noc(-c4ccccc4)n3)nn2)c1. The van der Waals surface area contributed by atoms with E-state index in [9.17, 15) is 4.39 Å². The van der Waals surface area contributed by atoms with Crippen LogP contribution in [0.3, 0.4) is 0 Å². The van der Waals surface area contributed by atoms with Gasteiger partial charge in [-0.15, -0.1) is 5.10 Å². The van der Waals surface area contributed by atoms with Crippen LogP contribution in [-0.2, 0) is 0 Å².